The first-order chi connectivity index (χ1) is 9.78. The molecule has 1 aliphatic rings. The van der Waals surface area contributed by atoms with E-state index in [2.05, 4.69) is 52.3 Å². The summed E-state index contributed by atoms with van der Waals surface area (Å²) in [6.45, 7) is 1.44. The summed E-state index contributed by atoms with van der Waals surface area (Å²) >= 11 is 3.47. The molecule has 2 atom stereocenters. The summed E-state index contributed by atoms with van der Waals surface area (Å²) in [5, 5.41) is 0. The Morgan fingerprint density at radius 3 is 2.65 bits per heavy atom. The summed E-state index contributed by atoms with van der Waals surface area (Å²) in [5.41, 5.74) is 8.62. The smallest absolute Gasteiger partial charge is 0.122 e. The van der Waals surface area contributed by atoms with Crippen molar-refractivity contribution in [3.63, 3.8) is 0 Å². The minimum atomic E-state index is 0.378. The maximum Gasteiger partial charge on any atom is 0.122 e. The van der Waals surface area contributed by atoms with Crippen molar-refractivity contribution in [3.8, 4) is 5.75 Å². The van der Waals surface area contributed by atoms with Gasteiger partial charge in [0.15, 0.2) is 0 Å². The minimum Gasteiger partial charge on any atom is -0.493 e. The molecule has 3 rings (SSSR count). The number of hydrogen-bond donors (Lipinski definition) is 1. The lowest BCUT2D eigenvalue weighted by molar-refractivity contribution is 0.319. The molecule has 0 aromatic heterocycles. The molecule has 0 saturated heterocycles. The summed E-state index contributed by atoms with van der Waals surface area (Å²) in [6, 6.07) is 16.8. The highest BCUT2D eigenvalue weighted by atomic mass is 79.9. The molecule has 2 unspecified atom stereocenters. The van der Waals surface area contributed by atoms with Gasteiger partial charge in [-0.3, -0.25) is 0 Å². The molecular weight excluding hydrogens is 314 g/mol. The van der Waals surface area contributed by atoms with E-state index in [4.69, 9.17) is 10.5 Å². The van der Waals surface area contributed by atoms with E-state index in [-0.39, 0.29) is 0 Å². The van der Waals surface area contributed by atoms with Crippen LogP contribution in [0, 0.1) is 0 Å². The molecule has 2 N–H and O–H groups in total. The largest absolute Gasteiger partial charge is 0.493 e. The van der Waals surface area contributed by atoms with E-state index >= 15 is 0 Å². The Labute approximate surface area is 128 Å². The molecule has 1 aliphatic heterocycles. The Morgan fingerprint density at radius 1 is 1.15 bits per heavy atom. The van der Waals surface area contributed by atoms with Gasteiger partial charge < -0.3 is 10.5 Å². The Kier molecular flexibility index (Phi) is 4.08. The van der Waals surface area contributed by atoms with Gasteiger partial charge in [-0.1, -0.05) is 46.3 Å². The van der Waals surface area contributed by atoms with E-state index < -0.39 is 0 Å². The van der Waals surface area contributed by atoms with E-state index in [1.165, 1.54) is 11.1 Å². The van der Waals surface area contributed by atoms with Crippen molar-refractivity contribution < 1.29 is 4.74 Å². The number of hydrogen-bond acceptors (Lipinski definition) is 2. The van der Waals surface area contributed by atoms with Crippen LogP contribution in [0.3, 0.4) is 0 Å². The van der Waals surface area contributed by atoms with Gasteiger partial charge >= 0.3 is 0 Å². The fraction of sp³-hybridized carbons (Fsp3) is 0.294. The Balaban J connectivity index is 1.78. The quantitative estimate of drug-likeness (QED) is 0.916. The van der Waals surface area contributed by atoms with E-state index in [0.717, 1.165) is 23.2 Å². The van der Waals surface area contributed by atoms with Gasteiger partial charge in [-0.2, -0.15) is 0 Å². The summed E-state index contributed by atoms with van der Waals surface area (Å²) in [5.74, 6) is 1.86. The van der Waals surface area contributed by atoms with Crippen molar-refractivity contribution in [1.82, 2.24) is 0 Å². The molecule has 20 heavy (non-hydrogen) atoms. The first-order valence-electron chi connectivity index (χ1n) is 6.95. The highest BCUT2D eigenvalue weighted by Gasteiger charge is 2.26. The van der Waals surface area contributed by atoms with Crippen molar-refractivity contribution >= 4 is 15.9 Å². The number of benzene rings is 2. The summed E-state index contributed by atoms with van der Waals surface area (Å²) in [7, 11) is 0. The number of rotatable bonds is 4. The van der Waals surface area contributed by atoms with Crippen LogP contribution in [0.4, 0.5) is 0 Å². The summed E-state index contributed by atoms with van der Waals surface area (Å²) < 4.78 is 6.87. The van der Waals surface area contributed by atoms with Gasteiger partial charge in [0.05, 0.1) is 6.61 Å². The molecule has 0 amide bonds. The van der Waals surface area contributed by atoms with Gasteiger partial charge in [0.2, 0.25) is 0 Å². The molecule has 1 heterocycles. The highest BCUT2D eigenvalue weighted by molar-refractivity contribution is 9.10. The van der Waals surface area contributed by atoms with Crippen LogP contribution in [0.15, 0.2) is 53.0 Å². The molecule has 0 spiro atoms. The molecule has 2 aromatic carbocycles. The maximum atomic E-state index is 5.99. The van der Waals surface area contributed by atoms with E-state index in [1.807, 2.05) is 12.1 Å². The standard InChI is InChI=1S/C17H18BrNO/c18-15-7-5-12(6-8-15)13(10-19)9-14-11-20-17-4-2-1-3-16(14)17/h1-8,13-14H,9-11,19H2. The predicted octanol–water partition coefficient (Wildman–Crippen LogP) is 4.06. The van der Waals surface area contributed by atoms with E-state index in [0.29, 0.717) is 18.4 Å². The third kappa shape index (κ3) is 2.74. The normalized spacial score (nSPS) is 18.4. The number of nitrogens with two attached hydrogens (primary N) is 1. The average Bonchev–Trinajstić information content (AvgIpc) is 2.89. The maximum absolute atomic E-state index is 5.99. The minimum absolute atomic E-state index is 0.378. The molecule has 2 aromatic rings. The number of ether oxygens (including phenoxy) is 1. The van der Waals surface area contributed by atoms with Crippen molar-refractivity contribution in [2.75, 3.05) is 13.2 Å². The van der Waals surface area contributed by atoms with Crippen molar-refractivity contribution in [1.29, 1.82) is 0 Å². The first kappa shape index (κ1) is 13.7. The van der Waals surface area contributed by atoms with Crippen LogP contribution in [0.1, 0.15) is 29.4 Å². The Morgan fingerprint density at radius 2 is 1.90 bits per heavy atom. The van der Waals surface area contributed by atoms with Crippen molar-refractivity contribution in [2.24, 2.45) is 5.73 Å². The monoisotopic (exact) mass is 331 g/mol. The topological polar surface area (TPSA) is 35.2 Å². The second kappa shape index (κ2) is 5.98. The average molecular weight is 332 g/mol. The lowest BCUT2D eigenvalue weighted by Crippen LogP contribution is -2.16. The molecular formula is C17H18BrNO. The zero-order valence-corrected chi connectivity index (χ0v) is 12.8. The number of fused-ring (bicyclic) bond motifs is 1. The molecule has 0 radical (unpaired) electrons. The van der Waals surface area contributed by atoms with E-state index in [9.17, 15) is 0 Å². The van der Waals surface area contributed by atoms with Gasteiger partial charge in [0.1, 0.15) is 5.75 Å². The number of halogens is 1. The Bertz CT molecular complexity index is 582. The van der Waals surface area contributed by atoms with Gasteiger partial charge in [-0.15, -0.1) is 0 Å². The predicted molar refractivity (Wildman–Crippen MR) is 85.2 cm³/mol. The second-order valence-electron chi connectivity index (χ2n) is 5.27. The summed E-state index contributed by atoms with van der Waals surface area (Å²) in [4.78, 5) is 0. The zero-order chi connectivity index (χ0) is 13.9. The molecule has 0 bridgehead atoms. The van der Waals surface area contributed by atoms with Crippen LogP contribution in [0.25, 0.3) is 0 Å². The number of para-hydroxylation sites is 1. The molecule has 3 heteroatoms. The SMILES string of the molecule is NCC(CC1COc2ccccc21)c1ccc(Br)cc1. The molecule has 104 valence electrons. The van der Waals surface area contributed by atoms with Crippen LogP contribution >= 0.6 is 15.9 Å². The van der Waals surface area contributed by atoms with Gasteiger partial charge in [0.25, 0.3) is 0 Å². The fourth-order valence-electron chi connectivity index (χ4n) is 2.87. The molecule has 0 saturated carbocycles. The highest BCUT2D eigenvalue weighted by Crippen LogP contribution is 2.39. The van der Waals surface area contributed by atoms with Crippen molar-refractivity contribution in [2.45, 2.75) is 18.3 Å². The molecule has 0 aliphatic carbocycles. The zero-order valence-electron chi connectivity index (χ0n) is 11.3. The van der Waals surface area contributed by atoms with Gasteiger partial charge in [0, 0.05) is 16.0 Å². The first-order valence-corrected chi connectivity index (χ1v) is 7.74. The third-order valence-corrected chi connectivity index (χ3v) is 4.52. The van der Waals surface area contributed by atoms with Crippen LogP contribution < -0.4 is 10.5 Å². The van der Waals surface area contributed by atoms with Crippen LogP contribution in [-0.2, 0) is 0 Å². The third-order valence-electron chi connectivity index (χ3n) is 3.99. The Hall–Kier alpha value is -1.32. The van der Waals surface area contributed by atoms with Crippen LogP contribution in [0.5, 0.6) is 5.75 Å². The lowest BCUT2D eigenvalue weighted by Gasteiger charge is -2.19. The van der Waals surface area contributed by atoms with Crippen molar-refractivity contribution in [3.05, 3.63) is 64.1 Å². The lowest BCUT2D eigenvalue weighted by atomic mass is 9.86. The fourth-order valence-corrected chi connectivity index (χ4v) is 3.14. The van der Waals surface area contributed by atoms with Crippen LogP contribution in [0.2, 0.25) is 0 Å². The molecule has 0 fully saturated rings. The van der Waals surface area contributed by atoms with Crippen LogP contribution in [-0.4, -0.2) is 13.2 Å². The van der Waals surface area contributed by atoms with Gasteiger partial charge in [-0.05, 0) is 42.6 Å². The second-order valence-corrected chi connectivity index (χ2v) is 6.18. The molecule has 2 nitrogen and oxygen atoms in total. The summed E-state index contributed by atoms with van der Waals surface area (Å²) in [6.07, 6.45) is 1.04. The van der Waals surface area contributed by atoms with Gasteiger partial charge in [-0.25, -0.2) is 0 Å². The van der Waals surface area contributed by atoms with E-state index in [1.54, 1.807) is 0 Å².